The highest BCUT2D eigenvalue weighted by molar-refractivity contribution is 5.57. The Morgan fingerprint density at radius 2 is 2.11 bits per heavy atom. The summed E-state index contributed by atoms with van der Waals surface area (Å²) in [7, 11) is 1.77. The maximum absolute atomic E-state index is 5.48. The van der Waals surface area contributed by atoms with Gasteiger partial charge in [-0.05, 0) is 12.8 Å². The van der Waals surface area contributed by atoms with Gasteiger partial charge in [0.05, 0.1) is 6.10 Å². The topological polar surface area (TPSA) is 85.1 Å². The van der Waals surface area contributed by atoms with Crippen molar-refractivity contribution in [2.24, 2.45) is 11.3 Å². The van der Waals surface area contributed by atoms with Gasteiger partial charge in [-0.3, -0.25) is 0 Å². The summed E-state index contributed by atoms with van der Waals surface area (Å²) in [5, 5.41) is 3.50. The van der Waals surface area contributed by atoms with Crippen LogP contribution in [0.1, 0.15) is 32.8 Å². The van der Waals surface area contributed by atoms with Crippen LogP contribution in [0.4, 0.5) is 11.6 Å². The van der Waals surface area contributed by atoms with Crippen LogP contribution in [-0.4, -0.2) is 29.2 Å². The van der Waals surface area contributed by atoms with E-state index in [1.54, 1.807) is 7.11 Å². The number of methoxy groups -OCH3 is 1. The van der Waals surface area contributed by atoms with Gasteiger partial charge in [0.15, 0.2) is 0 Å². The zero-order valence-electron chi connectivity index (χ0n) is 12.0. The molecule has 1 fully saturated rings. The summed E-state index contributed by atoms with van der Waals surface area (Å²) in [5.74, 6) is 7.02. The van der Waals surface area contributed by atoms with E-state index in [2.05, 4.69) is 41.5 Å². The molecule has 0 radical (unpaired) electrons. The van der Waals surface area contributed by atoms with Crippen molar-refractivity contribution in [3.63, 3.8) is 0 Å². The van der Waals surface area contributed by atoms with Gasteiger partial charge in [-0.1, -0.05) is 20.8 Å². The molecule has 1 heterocycles. The Morgan fingerprint density at radius 1 is 1.42 bits per heavy atom. The SMILES string of the molecule is CCc1c(NN)ncnc1NC1CC(OC)C1(C)C. The normalized spacial score (nSPS) is 24.7. The van der Waals surface area contributed by atoms with Gasteiger partial charge in [-0.15, -0.1) is 0 Å². The monoisotopic (exact) mass is 265 g/mol. The smallest absolute Gasteiger partial charge is 0.148 e. The number of rotatable bonds is 5. The fourth-order valence-corrected chi connectivity index (χ4v) is 2.69. The zero-order chi connectivity index (χ0) is 14.0. The van der Waals surface area contributed by atoms with Gasteiger partial charge < -0.3 is 15.5 Å². The molecule has 2 unspecified atom stereocenters. The van der Waals surface area contributed by atoms with Crippen LogP contribution < -0.4 is 16.6 Å². The Balaban J connectivity index is 2.17. The van der Waals surface area contributed by atoms with Crippen LogP contribution in [0.2, 0.25) is 0 Å². The molecule has 0 amide bonds. The second kappa shape index (κ2) is 5.30. The predicted molar refractivity (Wildman–Crippen MR) is 75.8 cm³/mol. The van der Waals surface area contributed by atoms with Crippen molar-refractivity contribution in [3.8, 4) is 0 Å². The van der Waals surface area contributed by atoms with Crippen molar-refractivity contribution >= 4 is 11.6 Å². The fourth-order valence-electron chi connectivity index (χ4n) is 2.69. The van der Waals surface area contributed by atoms with Crippen molar-refractivity contribution in [3.05, 3.63) is 11.9 Å². The van der Waals surface area contributed by atoms with Crippen LogP contribution in [0, 0.1) is 5.41 Å². The molecule has 2 atom stereocenters. The van der Waals surface area contributed by atoms with Crippen molar-refractivity contribution in [1.29, 1.82) is 0 Å². The maximum Gasteiger partial charge on any atom is 0.148 e. The summed E-state index contributed by atoms with van der Waals surface area (Å²) < 4.78 is 5.47. The molecule has 106 valence electrons. The number of nitrogens with zero attached hydrogens (tertiary/aromatic N) is 2. The molecular weight excluding hydrogens is 242 g/mol. The largest absolute Gasteiger partial charge is 0.381 e. The lowest BCUT2D eigenvalue weighted by atomic mass is 9.64. The number of ether oxygens (including phenoxy) is 1. The first-order chi connectivity index (χ1) is 9.04. The average Bonchev–Trinajstić information content (AvgIpc) is 2.42. The molecule has 0 bridgehead atoms. The predicted octanol–water partition coefficient (Wildman–Crippen LogP) is 1.55. The molecule has 4 N–H and O–H groups in total. The minimum Gasteiger partial charge on any atom is -0.381 e. The maximum atomic E-state index is 5.48. The second-order valence-corrected chi connectivity index (χ2v) is 5.53. The number of hydrogen-bond donors (Lipinski definition) is 3. The molecule has 0 saturated heterocycles. The molecular formula is C13H23N5O. The Bertz CT molecular complexity index is 449. The summed E-state index contributed by atoms with van der Waals surface area (Å²) >= 11 is 0. The first-order valence-corrected chi connectivity index (χ1v) is 6.64. The van der Waals surface area contributed by atoms with E-state index in [9.17, 15) is 0 Å². The third-order valence-corrected chi connectivity index (χ3v) is 4.21. The van der Waals surface area contributed by atoms with Crippen molar-refractivity contribution in [2.45, 2.75) is 45.8 Å². The van der Waals surface area contributed by atoms with Gasteiger partial charge >= 0.3 is 0 Å². The summed E-state index contributed by atoms with van der Waals surface area (Å²) in [6.45, 7) is 6.48. The molecule has 0 aromatic carbocycles. The molecule has 1 aliphatic rings. The highest BCUT2D eigenvalue weighted by Gasteiger charge is 2.48. The van der Waals surface area contributed by atoms with Gasteiger partial charge in [0.25, 0.3) is 0 Å². The first kappa shape index (κ1) is 14.0. The van der Waals surface area contributed by atoms with Gasteiger partial charge in [0, 0.05) is 24.1 Å². The van der Waals surface area contributed by atoms with Crippen molar-refractivity contribution in [2.75, 3.05) is 17.9 Å². The van der Waals surface area contributed by atoms with E-state index in [0.29, 0.717) is 18.0 Å². The van der Waals surface area contributed by atoms with E-state index in [1.165, 1.54) is 6.33 Å². The Kier molecular flexibility index (Phi) is 3.91. The molecule has 0 spiro atoms. The number of nitrogens with one attached hydrogen (secondary N) is 2. The van der Waals surface area contributed by atoms with E-state index in [4.69, 9.17) is 10.6 Å². The summed E-state index contributed by atoms with van der Waals surface area (Å²) in [4.78, 5) is 8.47. The minimum atomic E-state index is 0.0982. The Labute approximate surface area is 114 Å². The molecule has 6 heteroatoms. The quantitative estimate of drug-likeness (QED) is 0.553. The number of anilines is 2. The first-order valence-electron chi connectivity index (χ1n) is 6.64. The third-order valence-electron chi connectivity index (χ3n) is 4.21. The van der Waals surface area contributed by atoms with Gasteiger partial charge in [0.2, 0.25) is 0 Å². The number of nitrogen functional groups attached to an aromatic ring is 1. The molecule has 19 heavy (non-hydrogen) atoms. The lowest BCUT2D eigenvalue weighted by molar-refractivity contribution is -0.0795. The van der Waals surface area contributed by atoms with Crippen LogP contribution >= 0.6 is 0 Å². The van der Waals surface area contributed by atoms with Crippen molar-refractivity contribution in [1.82, 2.24) is 9.97 Å². The lowest BCUT2D eigenvalue weighted by Crippen LogP contribution is -2.57. The van der Waals surface area contributed by atoms with Crippen molar-refractivity contribution < 1.29 is 4.74 Å². The van der Waals surface area contributed by atoms with Crippen LogP contribution in [0.15, 0.2) is 6.33 Å². The van der Waals surface area contributed by atoms with Gasteiger partial charge in [0.1, 0.15) is 18.0 Å². The van der Waals surface area contributed by atoms with Crippen LogP contribution in [-0.2, 0) is 11.2 Å². The van der Waals surface area contributed by atoms with Gasteiger partial charge in [-0.25, -0.2) is 15.8 Å². The standard InChI is InChI=1S/C13H23N5O/c1-5-8-11(15-7-16-12(8)18-14)17-9-6-10(19-4)13(9,2)3/h7,9-10H,5-6,14H2,1-4H3,(H2,15,16,17,18). The second-order valence-electron chi connectivity index (χ2n) is 5.53. The molecule has 1 aliphatic carbocycles. The lowest BCUT2D eigenvalue weighted by Gasteiger charge is -2.51. The van der Waals surface area contributed by atoms with Crippen LogP contribution in [0.5, 0.6) is 0 Å². The summed E-state index contributed by atoms with van der Waals surface area (Å²) in [5.41, 5.74) is 3.73. The Hall–Kier alpha value is -1.40. The summed E-state index contributed by atoms with van der Waals surface area (Å²) in [6, 6.07) is 0.350. The molecule has 1 aromatic rings. The number of aromatic nitrogens is 2. The highest BCUT2D eigenvalue weighted by Crippen LogP contribution is 2.44. The molecule has 1 aromatic heterocycles. The molecule has 2 rings (SSSR count). The Morgan fingerprint density at radius 3 is 2.63 bits per heavy atom. The zero-order valence-corrected chi connectivity index (χ0v) is 12.0. The van der Waals surface area contributed by atoms with Crippen LogP contribution in [0.25, 0.3) is 0 Å². The van der Waals surface area contributed by atoms with Crippen LogP contribution in [0.3, 0.4) is 0 Å². The number of hydrazine groups is 1. The third kappa shape index (κ3) is 2.37. The van der Waals surface area contributed by atoms with E-state index in [0.717, 1.165) is 24.2 Å². The van der Waals surface area contributed by atoms with E-state index < -0.39 is 0 Å². The highest BCUT2D eigenvalue weighted by atomic mass is 16.5. The average molecular weight is 265 g/mol. The molecule has 0 aliphatic heterocycles. The summed E-state index contributed by atoms with van der Waals surface area (Å²) in [6.07, 6.45) is 3.63. The van der Waals surface area contributed by atoms with E-state index >= 15 is 0 Å². The number of nitrogens with two attached hydrogens (primary N) is 1. The van der Waals surface area contributed by atoms with E-state index in [1.807, 2.05) is 0 Å². The fraction of sp³-hybridized carbons (Fsp3) is 0.692. The minimum absolute atomic E-state index is 0.0982. The molecule has 6 nitrogen and oxygen atoms in total. The number of hydrogen-bond acceptors (Lipinski definition) is 6. The van der Waals surface area contributed by atoms with Gasteiger partial charge in [-0.2, -0.15) is 0 Å². The van der Waals surface area contributed by atoms with E-state index in [-0.39, 0.29) is 5.41 Å². The molecule has 1 saturated carbocycles.